The van der Waals surface area contributed by atoms with E-state index in [4.69, 9.17) is 0 Å². The second-order valence-corrected chi connectivity index (χ2v) is 7.31. The van der Waals surface area contributed by atoms with E-state index >= 15 is 0 Å². The summed E-state index contributed by atoms with van der Waals surface area (Å²) in [7, 11) is 0. The van der Waals surface area contributed by atoms with Crippen LogP contribution < -0.4 is 5.32 Å². The molecule has 1 aromatic carbocycles. The Morgan fingerprint density at radius 2 is 1.84 bits per heavy atom. The van der Waals surface area contributed by atoms with Crippen molar-refractivity contribution in [2.75, 3.05) is 13.1 Å². The maximum Gasteiger partial charge on any atom is 0.244 e. The van der Waals surface area contributed by atoms with Gasteiger partial charge >= 0.3 is 0 Å². The molecule has 5 heteroatoms. The van der Waals surface area contributed by atoms with Crippen molar-refractivity contribution in [3.8, 4) is 10.4 Å². The average Bonchev–Trinajstić information content (AvgIpc) is 3.10. The van der Waals surface area contributed by atoms with Gasteiger partial charge in [-0.3, -0.25) is 9.59 Å². The van der Waals surface area contributed by atoms with Gasteiger partial charge in [-0.2, -0.15) is 0 Å². The lowest BCUT2D eigenvalue weighted by atomic mass is 10.1. The van der Waals surface area contributed by atoms with Crippen LogP contribution in [0.2, 0.25) is 0 Å². The molecule has 1 saturated heterocycles. The first-order chi connectivity index (χ1) is 12.1. The van der Waals surface area contributed by atoms with Crippen LogP contribution in [0.25, 0.3) is 16.5 Å². The maximum atomic E-state index is 12.1. The Morgan fingerprint density at radius 1 is 1.12 bits per heavy atom. The zero-order valence-electron chi connectivity index (χ0n) is 14.3. The molecule has 1 aliphatic rings. The summed E-state index contributed by atoms with van der Waals surface area (Å²) in [5.41, 5.74) is 1.19. The lowest BCUT2D eigenvalue weighted by Gasteiger charge is -2.31. The highest BCUT2D eigenvalue weighted by Gasteiger charge is 2.21. The number of benzene rings is 1. The van der Waals surface area contributed by atoms with Gasteiger partial charge in [0.05, 0.1) is 0 Å². The van der Waals surface area contributed by atoms with E-state index in [0.29, 0.717) is 0 Å². The van der Waals surface area contributed by atoms with E-state index in [0.717, 1.165) is 30.8 Å². The van der Waals surface area contributed by atoms with Crippen molar-refractivity contribution in [1.29, 1.82) is 0 Å². The lowest BCUT2D eigenvalue weighted by Crippen LogP contribution is -2.45. The molecule has 1 fully saturated rings. The third-order valence-electron chi connectivity index (χ3n) is 4.37. The summed E-state index contributed by atoms with van der Waals surface area (Å²) >= 11 is 1.67. The summed E-state index contributed by atoms with van der Waals surface area (Å²) in [4.78, 5) is 27.5. The number of carbonyl (C=O) groups excluding carboxylic acids is 2. The van der Waals surface area contributed by atoms with Crippen LogP contribution in [0.5, 0.6) is 0 Å². The number of amides is 2. The fourth-order valence-electron chi connectivity index (χ4n) is 2.95. The summed E-state index contributed by atoms with van der Waals surface area (Å²) < 4.78 is 0. The van der Waals surface area contributed by atoms with E-state index in [-0.39, 0.29) is 17.9 Å². The van der Waals surface area contributed by atoms with Gasteiger partial charge in [0, 0.05) is 41.9 Å². The Bertz CT molecular complexity index is 759. The molecule has 130 valence electrons. The number of nitrogens with zero attached hydrogens (tertiary/aromatic N) is 1. The van der Waals surface area contributed by atoms with Gasteiger partial charge in [0.25, 0.3) is 0 Å². The highest BCUT2D eigenvalue weighted by Crippen LogP contribution is 2.28. The second-order valence-electron chi connectivity index (χ2n) is 6.19. The summed E-state index contributed by atoms with van der Waals surface area (Å²) in [6.07, 6.45) is 5.09. The molecular formula is C20H22N2O2S. The summed E-state index contributed by atoms with van der Waals surface area (Å²) in [5.74, 6) is 0.0347. The fraction of sp³-hybridized carbons (Fsp3) is 0.300. The van der Waals surface area contributed by atoms with Crippen LogP contribution in [0.4, 0.5) is 0 Å². The van der Waals surface area contributed by atoms with Gasteiger partial charge in [-0.25, -0.2) is 0 Å². The van der Waals surface area contributed by atoms with E-state index in [9.17, 15) is 9.59 Å². The van der Waals surface area contributed by atoms with Crippen LogP contribution in [-0.2, 0) is 9.59 Å². The number of hydrogen-bond donors (Lipinski definition) is 1. The molecule has 1 aromatic heterocycles. The Labute approximate surface area is 152 Å². The average molecular weight is 354 g/mol. The molecule has 1 N–H and O–H groups in total. The van der Waals surface area contributed by atoms with Gasteiger partial charge in [-0.15, -0.1) is 11.3 Å². The molecule has 0 atom stereocenters. The zero-order valence-corrected chi connectivity index (χ0v) is 15.1. The molecule has 2 aromatic rings. The molecule has 0 aliphatic carbocycles. The Balaban J connectivity index is 1.52. The van der Waals surface area contributed by atoms with Crippen LogP contribution in [-0.4, -0.2) is 35.8 Å². The zero-order chi connectivity index (χ0) is 17.6. The Hall–Kier alpha value is -2.40. The normalized spacial score (nSPS) is 15.5. The minimum absolute atomic E-state index is 0.0732. The first kappa shape index (κ1) is 17.4. The molecule has 0 bridgehead atoms. The van der Waals surface area contributed by atoms with Crippen LogP contribution in [0.15, 0.2) is 48.5 Å². The van der Waals surface area contributed by atoms with Crippen molar-refractivity contribution in [2.45, 2.75) is 25.8 Å². The van der Waals surface area contributed by atoms with E-state index in [2.05, 4.69) is 23.5 Å². The molecule has 0 unspecified atom stereocenters. The van der Waals surface area contributed by atoms with Crippen LogP contribution in [0.3, 0.4) is 0 Å². The highest BCUT2D eigenvalue weighted by atomic mass is 32.1. The van der Waals surface area contributed by atoms with Crippen molar-refractivity contribution in [2.24, 2.45) is 0 Å². The summed E-state index contributed by atoms with van der Waals surface area (Å²) in [6.45, 7) is 3.02. The van der Waals surface area contributed by atoms with Crippen LogP contribution in [0.1, 0.15) is 24.6 Å². The van der Waals surface area contributed by atoms with Crippen LogP contribution in [0, 0.1) is 0 Å². The number of hydrogen-bond acceptors (Lipinski definition) is 3. The quantitative estimate of drug-likeness (QED) is 0.854. The number of nitrogens with one attached hydrogen (secondary N) is 1. The minimum Gasteiger partial charge on any atom is -0.350 e. The van der Waals surface area contributed by atoms with Gasteiger partial charge in [-0.1, -0.05) is 30.3 Å². The predicted molar refractivity (Wildman–Crippen MR) is 102 cm³/mol. The van der Waals surface area contributed by atoms with Gasteiger partial charge in [-0.05, 0) is 36.6 Å². The van der Waals surface area contributed by atoms with Gasteiger partial charge in [0.1, 0.15) is 0 Å². The number of thiophene rings is 1. The highest BCUT2D eigenvalue weighted by molar-refractivity contribution is 7.16. The maximum absolute atomic E-state index is 12.1. The first-order valence-electron chi connectivity index (χ1n) is 8.51. The van der Waals surface area contributed by atoms with E-state index in [1.54, 1.807) is 24.3 Å². The summed E-state index contributed by atoms with van der Waals surface area (Å²) in [5, 5.41) is 3.03. The molecule has 0 spiro atoms. The molecule has 25 heavy (non-hydrogen) atoms. The smallest absolute Gasteiger partial charge is 0.244 e. The summed E-state index contributed by atoms with van der Waals surface area (Å²) in [6, 6.07) is 14.5. The number of likely N-dealkylation sites (tertiary alicyclic amines) is 1. The molecule has 1 aliphatic heterocycles. The van der Waals surface area contributed by atoms with Crippen molar-refractivity contribution in [3.05, 3.63) is 53.4 Å². The molecule has 2 amide bonds. The van der Waals surface area contributed by atoms with E-state index < -0.39 is 0 Å². The van der Waals surface area contributed by atoms with Gasteiger partial charge in [0.2, 0.25) is 11.8 Å². The van der Waals surface area contributed by atoms with E-state index in [1.807, 2.05) is 35.2 Å². The van der Waals surface area contributed by atoms with Gasteiger partial charge in [0.15, 0.2) is 0 Å². The molecule has 4 nitrogen and oxygen atoms in total. The Kier molecular flexibility index (Phi) is 5.66. The molecule has 0 radical (unpaired) electrons. The third kappa shape index (κ3) is 4.79. The van der Waals surface area contributed by atoms with Crippen LogP contribution >= 0.6 is 11.3 Å². The largest absolute Gasteiger partial charge is 0.350 e. The van der Waals surface area contributed by atoms with Crippen molar-refractivity contribution in [1.82, 2.24) is 10.2 Å². The van der Waals surface area contributed by atoms with Crippen molar-refractivity contribution in [3.63, 3.8) is 0 Å². The first-order valence-corrected chi connectivity index (χ1v) is 9.33. The minimum atomic E-state index is -0.0732. The Morgan fingerprint density at radius 3 is 2.52 bits per heavy atom. The van der Waals surface area contributed by atoms with Gasteiger partial charge < -0.3 is 10.2 Å². The predicted octanol–water partition coefficient (Wildman–Crippen LogP) is 3.56. The fourth-order valence-corrected chi connectivity index (χ4v) is 3.86. The monoisotopic (exact) mass is 354 g/mol. The van der Waals surface area contributed by atoms with Crippen molar-refractivity contribution >= 4 is 29.2 Å². The van der Waals surface area contributed by atoms with E-state index in [1.165, 1.54) is 10.4 Å². The number of carbonyl (C=O) groups is 2. The van der Waals surface area contributed by atoms with Crippen molar-refractivity contribution < 1.29 is 9.59 Å². The number of piperidine rings is 1. The number of rotatable bonds is 4. The molecule has 3 rings (SSSR count). The molecular weight excluding hydrogens is 332 g/mol. The SMILES string of the molecule is CC(=O)N1CCC(NC(=O)/C=C/c2ccc(-c3ccccc3)s2)CC1. The second kappa shape index (κ2) is 8.12. The topological polar surface area (TPSA) is 49.4 Å². The lowest BCUT2D eigenvalue weighted by molar-refractivity contribution is -0.129. The standard InChI is InChI=1S/C20H22N2O2S/c1-15(23)22-13-11-17(12-14-22)21-20(24)10-8-18-7-9-19(25-18)16-5-3-2-4-6-16/h2-10,17H,11-14H2,1H3,(H,21,24)/b10-8+. The molecule has 2 heterocycles. The third-order valence-corrected chi connectivity index (χ3v) is 5.47. The molecule has 0 saturated carbocycles.